The summed E-state index contributed by atoms with van der Waals surface area (Å²) in [4.78, 5) is 2.35. The van der Waals surface area contributed by atoms with Crippen molar-refractivity contribution in [3.63, 3.8) is 0 Å². The molecule has 0 saturated carbocycles. The Balaban J connectivity index is 2.66. The molecule has 1 aliphatic rings. The molecular formula is C12H19N. The molecule has 0 fully saturated rings. The Kier molecular flexibility index (Phi) is 3.49. The lowest BCUT2D eigenvalue weighted by atomic mass is 9.89. The van der Waals surface area contributed by atoms with Crippen LogP contribution in [-0.2, 0) is 0 Å². The third-order valence-corrected chi connectivity index (χ3v) is 2.88. The third-order valence-electron chi connectivity index (χ3n) is 2.88. The monoisotopic (exact) mass is 177 g/mol. The first kappa shape index (κ1) is 10.3. The third kappa shape index (κ3) is 2.31. The molecular weight excluding hydrogens is 158 g/mol. The molecule has 0 aromatic heterocycles. The minimum absolute atomic E-state index is 0.481. The van der Waals surface area contributed by atoms with Gasteiger partial charge in [0.1, 0.15) is 0 Å². The molecule has 0 radical (unpaired) electrons. The molecule has 1 rings (SSSR count). The molecule has 0 aliphatic heterocycles. The fourth-order valence-corrected chi connectivity index (χ4v) is 1.63. The van der Waals surface area contributed by atoms with Crippen LogP contribution in [0.25, 0.3) is 0 Å². The summed E-state index contributed by atoms with van der Waals surface area (Å²) in [6, 6.07) is 0.540. The van der Waals surface area contributed by atoms with Crippen molar-refractivity contribution < 1.29 is 0 Å². The van der Waals surface area contributed by atoms with E-state index in [9.17, 15) is 0 Å². The molecule has 0 aromatic rings. The molecule has 0 N–H and O–H groups in total. The van der Waals surface area contributed by atoms with E-state index in [1.165, 1.54) is 5.57 Å². The highest BCUT2D eigenvalue weighted by atomic mass is 15.1. The van der Waals surface area contributed by atoms with Crippen LogP contribution in [0.4, 0.5) is 0 Å². The predicted octanol–water partition coefficient (Wildman–Crippen LogP) is 2.63. The van der Waals surface area contributed by atoms with Gasteiger partial charge in [-0.15, -0.1) is 0 Å². The van der Waals surface area contributed by atoms with Crippen molar-refractivity contribution in [1.82, 2.24) is 4.90 Å². The van der Waals surface area contributed by atoms with E-state index >= 15 is 0 Å². The van der Waals surface area contributed by atoms with Crippen LogP contribution < -0.4 is 0 Å². The Morgan fingerprint density at radius 2 is 2.23 bits per heavy atom. The molecule has 0 saturated heterocycles. The first-order valence-electron chi connectivity index (χ1n) is 4.90. The van der Waals surface area contributed by atoms with E-state index in [1.54, 1.807) is 0 Å². The fraction of sp³-hybridized carbons (Fsp3) is 0.500. The van der Waals surface area contributed by atoms with E-state index in [0.717, 1.165) is 6.54 Å². The number of nitrogens with zero attached hydrogens (tertiary/aromatic N) is 1. The maximum absolute atomic E-state index is 4.07. The van der Waals surface area contributed by atoms with Gasteiger partial charge in [-0.2, -0.15) is 0 Å². The predicted molar refractivity (Wildman–Crippen MR) is 58.7 cm³/mol. The SMILES string of the molecule is C=C1C=CC=CC1C(C)N(C)CC. The Hall–Kier alpha value is -0.820. The van der Waals surface area contributed by atoms with Gasteiger partial charge in [-0.05, 0) is 26.1 Å². The summed E-state index contributed by atoms with van der Waals surface area (Å²) in [5.41, 5.74) is 1.22. The maximum Gasteiger partial charge on any atom is 0.0169 e. The van der Waals surface area contributed by atoms with Crippen LogP contribution in [0.3, 0.4) is 0 Å². The van der Waals surface area contributed by atoms with Gasteiger partial charge in [0.15, 0.2) is 0 Å². The van der Waals surface area contributed by atoms with Crippen LogP contribution in [-0.4, -0.2) is 24.5 Å². The second kappa shape index (κ2) is 4.43. The van der Waals surface area contributed by atoms with Gasteiger partial charge in [-0.3, -0.25) is 0 Å². The zero-order valence-electron chi connectivity index (χ0n) is 8.83. The molecule has 0 amide bonds. The largest absolute Gasteiger partial charge is 0.303 e. The molecule has 1 aliphatic carbocycles. The van der Waals surface area contributed by atoms with E-state index in [0.29, 0.717) is 12.0 Å². The quantitative estimate of drug-likeness (QED) is 0.640. The zero-order chi connectivity index (χ0) is 9.84. The van der Waals surface area contributed by atoms with Gasteiger partial charge in [-0.1, -0.05) is 37.8 Å². The fourth-order valence-electron chi connectivity index (χ4n) is 1.63. The minimum atomic E-state index is 0.481. The lowest BCUT2D eigenvalue weighted by Crippen LogP contribution is -2.35. The van der Waals surface area contributed by atoms with Crippen molar-refractivity contribution >= 4 is 0 Å². The summed E-state index contributed by atoms with van der Waals surface area (Å²) in [7, 11) is 2.16. The molecule has 0 bridgehead atoms. The summed E-state index contributed by atoms with van der Waals surface area (Å²) in [5.74, 6) is 0.481. The highest BCUT2D eigenvalue weighted by molar-refractivity contribution is 5.32. The normalized spacial score (nSPS) is 24.0. The van der Waals surface area contributed by atoms with Gasteiger partial charge in [0.25, 0.3) is 0 Å². The number of hydrogen-bond acceptors (Lipinski definition) is 1. The van der Waals surface area contributed by atoms with Gasteiger partial charge in [0.05, 0.1) is 0 Å². The lowest BCUT2D eigenvalue weighted by molar-refractivity contribution is 0.240. The van der Waals surface area contributed by atoms with E-state index in [-0.39, 0.29) is 0 Å². The van der Waals surface area contributed by atoms with Crippen LogP contribution in [0.5, 0.6) is 0 Å². The topological polar surface area (TPSA) is 3.24 Å². The number of hydrogen-bond donors (Lipinski definition) is 0. The first-order valence-corrected chi connectivity index (χ1v) is 4.90. The van der Waals surface area contributed by atoms with E-state index in [4.69, 9.17) is 0 Å². The second-order valence-electron chi connectivity index (χ2n) is 3.66. The molecule has 2 unspecified atom stereocenters. The van der Waals surface area contributed by atoms with Gasteiger partial charge < -0.3 is 4.90 Å². The highest BCUT2D eigenvalue weighted by Gasteiger charge is 2.19. The van der Waals surface area contributed by atoms with Crippen molar-refractivity contribution in [1.29, 1.82) is 0 Å². The second-order valence-corrected chi connectivity index (χ2v) is 3.66. The average molecular weight is 177 g/mol. The van der Waals surface area contributed by atoms with Crippen LogP contribution in [0.2, 0.25) is 0 Å². The maximum atomic E-state index is 4.07. The van der Waals surface area contributed by atoms with Crippen LogP contribution in [0.15, 0.2) is 36.5 Å². The van der Waals surface area contributed by atoms with Crippen molar-refractivity contribution in [3.8, 4) is 0 Å². The summed E-state index contributed by atoms with van der Waals surface area (Å²) in [6.07, 6.45) is 8.50. The summed E-state index contributed by atoms with van der Waals surface area (Å²) >= 11 is 0. The molecule has 0 heterocycles. The Labute approximate surface area is 81.4 Å². The van der Waals surface area contributed by atoms with Crippen LogP contribution >= 0.6 is 0 Å². The first-order chi connectivity index (χ1) is 6.16. The highest BCUT2D eigenvalue weighted by Crippen LogP contribution is 2.23. The molecule has 2 atom stereocenters. The molecule has 1 heteroatoms. The molecule has 0 aromatic carbocycles. The number of rotatable bonds is 3. The summed E-state index contributed by atoms with van der Waals surface area (Å²) < 4.78 is 0. The number of allylic oxidation sites excluding steroid dienone is 3. The summed E-state index contributed by atoms with van der Waals surface area (Å²) in [6.45, 7) is 9.59. The molecule has 72 valence electrons. The zero-order valence-corrected chi connectivity index (χ0v) is 8.83. The van der Waals surface area contributed by atoms with E-state index in [2.05, 4.69) is 56.7 Å². The van der Waals surface area contributed by atoms with Crippen LogP contribution in [0.1, 0.15) is 13.8 Å². The van der Waals surface area contributed by atoms with Crippen molar-refractivity contribution in [3.05, 3.63) is 36.5 Å². The van der Waals surface area contributed by atoms with E-state index in [1.807, 2.05) is 0 Å². The minimum Gasteiger partial charge on any atom is -0.303 e. The molecule has 13 heavy (non-hydrogen) atoms. The van der Waals surface area contributed by atoms with Gasteiger partial charge >= 0.3 is 0 Å². The average Bonchev–Trinajstić information content (AvgIpc) is 2.16. The lowest BCUT2D eigenvalue weighted by Gasteiger charge is -2.30. The van der Waals surface area contributed by atoms with Gasteiger partial charge in [-0.25, -0.2) is 0 Å². The van der Waals surface area contributed by atoms with Crippen LogP contribution in [0, 0.1) is 5.92 Å². The van der Waals surface area contributed by atoms with Crippen molar-refractivity contribution in [2.24, 2.45) is 5.92 Å². The van der Waals surface area contributed by atoms with Crippen molar-refractivity contribution in [2.45, 2.75) is 19.9 Å². The Morgan fingerprint density at radius 1 is 1.54 bits per heavy atom. The Morgan fingerprint density at radius 3 is 2.77 bits per heavy atom. The summed E-state index contributed by atoms with van der Waals surface area (Å²) in [5, 5.41) is 0. The Bertz CT molecular complexity index is 238. The molecule has 1 nitrogen and oxygen atoms in total. The van der Waals surface area contributed by atoms with Crippen molar-refractivity contribution in [2.75, 3.05) is 13.6 Å². The smallest absolute Gasteiger partial charge is 0.0169 e. The van der Waals surface area contributed by atoms with Gasteiger partial charge in [0, 0.05) is 12.0 Å². The van der Waals surface area contributed by atoms with Gasteiger partial charge in [0.2, 0.25) is 0 Å². The van der Waals surface area contributed by atoms with E-state index < -0.39 is 0 Å². The molecule has 0 spiro atoms. The standard InChI is InChI=1S/C12H19N/c1-5-13(4)11(3)12-9-7-6-8-10(12)2/h6-9,11-12H,2,5H2,1,3-4H3.